The third kappa shape index (κ3) is 5.16. The molecule has 4 aromatic rings. The van der Waals surface area contributed by atoms with E-state index in [1.807, 2.05) is 91.9 Å². The first-order valence-electron chi connectivity index (χ1n) is 13.0. The van der Waals surface area contributed by atoms with Crippen LogP contribution in [0.2, 0.25) is 0 Å². The molecule has 1 heterocycles. The van der Waals surface area contributed by atoms with Gasteiger partial charge in [-0.15, -0.1) is 0 Å². The third-order valence-electron chi connectivity index (χ3n) is 7.01. The zero-order valence-corrected chi connectivity index (χ0v) is 21.7. The molecule has 2 amide bonds. The number of nitrogens with one attached hydrogen (secondary N) is 2. The van der Waals surface area contributed by atoms with Gasteiger partial charge < -0.3 is 9.73 Å². The molecule has 0 bridgehead atoms. The van der Waals surface area contributed by atoms with E-state index in [0.717, 1.165) is 64.2 Å². The Hall–Kier alpha value is -4.45. The van der Waals surface area contributed by atoms with Gasteiger partial charge in [-0.2, -0.15) is 5.10 Å². The summed E-state index contributed by atoms with van der Waals surface area (Å²) in [4.78, 5) is 26.6. The molecule has 0 unspecified atom stereocenters. The first-order chi connectivity index (χ1) is 18.6. The maximum atomic E-state index is 13.5. The number of anilines is 1. The molecule has 0 aliphatic heterocycles. The molecule has 6 heteroatoms. The van der Waals surface area contributed by atoms with E-state index >= 15 is 0 Å². The van der Waals surface area contributed by atoms with Gasteiger partial charge in [0.15, 0.2) is 5.76 Å². The summed E-state index contributed by atoms with van der Waals surface area (Å²) < 4.78 is 6.06. The molecule has 0 spiro atoms. The average Bonchev–Trinajstić information content (AvgIpc) is 3.30. The van der Waals surface area contributed by atoms with E-state index < -0.39 is 5.92 Å². The summed E-state index contributed by atoms with van der Waals surface area (Å²) in [6.07, 6.45) is 3.05. The zero-order valence-electron chi connectivity index (χ0n) is 21.7. The molecule has 0 saturated heterocycles. The van der Waals surface area contributed by atoms with Crippen LogP contribution in [0.1, 0.15) is 69.8 Å². The lowest BCUT2D eigenvalue weighted by Crippen LogP contribution is -2.28. The van der Waals surface area contributed by atoms with Gasteiger partial charge in [0.25, 0.3) is 11.8 Å². The quantitative estimate of drug-likeness (QED) is 0.285. The second-order valence-electron chi connectivity index (χ2n) is 9.46. The van der Waals surface area contributed by atoms with E-state index in [0.29, 0.717) is 6.42 Å². The number of hydrogen-bond acceptors (Lipinski definition) is 4. The van der Waals surface area contributed by atoms with Crippen molar-refractivity contribution in [2.75, 3.05) is 5.32 Å². The summed E-state index contributed by atoms with van der Waals surface area (Å²) in [5.74, 6) is 0.0357. The van der Waals surface area contributed by atoms with Crippen molar-refractivity contribution in [3.63, 3.8) is 0 Å². The number of benzene rings is 3. The van der Waals surface area contributed by atoms with Gasteiger partial charge in [-0.25, -0.2) is 5.43 Å². The normalized spacial score (nSPS) is 13.8. The van der Waals surface area contributed by atoms with Gasteiger partial charge in [0.2, 0.25) is 0 Å². The van der Waals surface area contributed by atoms with Crippen LogP contribution < -0.4 is 10.7 Å². The van der Waals surface area contributed by atoms with E-state index in [-0.39, 0.29) is 17.6 Å². The lowest BCUT2D eigenvalue weighted by Gasteiger charge is -2.18. The highest BCUT2D eigenvalue weighted by molar-refractivity contribution is 6.09. The summed E-state index contributed by atoms with van der Waals surface area (Å²) in [6.45, 7) is 3.93. The van der Waals surface area contributed by atoms with Crippen molar-refractivity contribution in [2.45, 2.75) is 45.4 Å². The minimum atomic E-state index is -0.491. The maximum absolute atomic E-state index is 13.5. The van der Waals surface area contributed by atoms with Crippen LogP contribution in [0.4, 0.5) is 5.69 Å². The van der Waals surface area contributed by atoms with Crippen LogP contribution in [0.3, 0.4) is 0 Å². The standard InChI is InChI=1S/C32H31N3O3/c1-3-22-13-10-11-18-25(22)33-32(37)30-21(2)28-26(19-12-20-27(28)38-30)34-35-31(36)29(23-14-6-4-7-15-23)24-16-8-5-9-17-24/h4-11,13-18,29H,3,12,19-20H2,1-2H3,(H,33,37)(H,35,36)/b34-26+. The fraction of sp³-hybridized carbons (Fsp3) is 0.219. The smallest absolute Gasteiger partial charge is 0.291 e. The topological polar surface area (TPSA) is 83.7 Å². The SMILES string of the molecule is CCc1ccccc1NC(=O)c1oc2c(c1C)/C(=N/NC(=O)C(c1ccccc1)c1ccccc1)CCC2. The number of fused-ring (bicyclic) bond motifs is 1. The number of para-hydroxylation sites is 1. The van der Waals surface area contributed by atoms with Crippen LogP contribution in [-0.4, -0.2) is 17.5 Å². The summed E-state index contributed by atoms with van der Waals surface area (Å²) in [5, 5.41) is 7.57. The largest absolute Gasteiger partial charge is 0.455 e. The highest BCUT2D eigenvalue weighted by Crippen LogP contribution is 2.31. The Balaban J connectivity index is 1.41. The van der Waals surface area contributed by atoms with Crippen LogP contribution in [0, 0.1) is 6.92 Å². The molecule has 0 atom stereocenters. The van der Waals surface area contributed by atoms with Crippen molar-refractivity contribution in [2.24, 2.45) is 5.10 Å². The number of carbonyl (C=O) groups excluding carboxylic acids is 2. The van der Waals surface area contributed by atoms with Gasteiger partial charge >= 0.3 is 0 Å². The van der Waals surface area contributed by atoms with Crippen LogP contribution in [0.25, 0.3) is 0 Å². The van der Waals surface area contributed by atoms with Crippen molar-refractivity contribution in [1.29, 1.82) is 0 Å². The van der Waals surface area contributed by atoms with Crippen molar-refractivity contribution >= 4 is 23.2 Å². The van der Waals surface area contributed by atoms with Gasteiger partial charge in [0.05, 0.1) is 11.6 Å². The van der Waals surface area contributed by atoms with Crippen molar-refractivity contribution < 1.29 is 14.0 Å². The van der Waals surface area contributed by atoms with Crippen molar-refractivity contribution in [3.05, 3.63) is 124 Å². The zero-order chi connectivity index (χ0) is 26.5. The first-order valence-corrected chi connectivity index (χ1v) is 13.0. The lowest BCUT2D eigenvalue weighted by molar-refractivity contribution is -0.121. The molecule has 2 N–H and O–H groups in total. The molecule has 5 rings (SSSR count). The number of carbonyl (C=O) groups is 2. The molecule has 3 aromatic carbocycles. The predicted molar refractivity (Wildman–Crippen MR) is 150 cm³/mol. The molecule has 38 heavy (non-hydrogen) atoms. The molecule has 192 valence electrons. The Morgan fingerprint density at radius 3 is 2.18 bits per heavy atom. The van der Waals surface area contributed by atoms with E-state index in [9.17, 15) is 9.59 Å². The molecule has 0 fully saturated rings. The molecular formula is C32H31N3O3. The molecule has 0 radical (unpaired) electrons. The van der Waals surface area contributed by atoms with E-state index in [4.69, 9.17) is 4.42 Å². The Morgan fingerprint density at radius 1 is 0.895 bits per heavy atom. The van der Waals surface area contributed by atoms with Crippen LogP contribution in [-0.2, 0) is 17.6 Å². The average molecular weight is 506 g/mol. The van der Waals surface area contributed by atoms with E-state index in [2.05, 4.69) is 22.8 Å². The molecule has 1 aliphatic carbocycles. The Kier molecular flexibility index (Phi) is 7.50. The van der Waals surface area contributed by atoms with Gasteiger partial charge in [0.1, 0.15) is 5.76 Å². The fourth-order valence-electron chi connectivity index (χ4n) is 5.10. The monoisotopic (exact) mass is 505 g/mol. The van der Waals surface area contributed by atoms with Crippen LogP contribution in [0.5, 0.6) is 0 Å². The molecular weight excluding hydrogens is 474 g/mol. The minimum Gasteiger partial charge on any atom is -0.455 e. The van der Waals surface area contributed by atoms with Crippen molar-refractivity contribution in [3.8, 4) is 0 Å². The van der Waals surface area contributed by atoms with Crippen LogP contribution in [0.15, 0.2) is 94.4 Å². The van der Waals surface area contributed by atoms with E-state index in [1.54, 1.807) is 0 Å². The number of rotatable bonds is 7. The molecule has 1 aromatic heterocycles. The highest BCUT2D eigenvalue weighted by atomic mass is 16.4. The molecule has 6 nitrogen and oxygen atoms in total. The van der Waals surface area contributed by atoms with Gasteiger partial charge in [0, 0.05) is 23.2 Å². The lowest BCUT2D eigenvalue weighted by atomic mass is 9.90. The summed E-state index contributed by atoms with van der Waals surface area (Å²) >= 11 is 0. The molecule has 1 aliphatic rings. The van der Waals surface area contributed by atoms with Gasteiger partial charge in [-0.3, -0.25) is 9.59 Å². The van der Waals surface area contributed by atoms with Gasteiger partial charge in [-0.05, 0) is 48.9 Å². The predicted octanol–water partition coefficient (Wildman–Crippen LogP) is 6.39. The first kappa shape index (κ1) is 25.2. The molecule has 0 saturated carbocycles. The number of amides is 2. The third-order valence-corrected chi connectivity index (χ3v) is 7.01. The second-order valence-corrected chi connectivity index (χ2v) is 9.46. The van der Waals surface area contributed by atoms with Crippen LogP contribution >= 0.6 is 0 Å². The Bertz CT molecular complexity index is 1430. The summed E-state index contributed by atoms with van der Waals surface area (Å²) in [5.41, 5.74) is 8.74. The number of hydrazone groups is 1. The summed E-state index contributed by atoms with van der Waals surface area (Å²) in [7, 11) is 0. The minimum absolute atomic E-state index is 0.211. The number of hydrogen-bond donors (Lipinski definition) is 2. The Labute approximate surface area is 222 Å². The Morgan fingerprint density at radius 2 is 1.53 bits per heavy atom. The highest BCUT2D eigenvalue weighted by Gasteiger charge is 2.29. The number of aryl methyl sites for hydroxylation is 2. The number of furan rings is 1. The van der Waals surface area contributed by atoms with Crippen molar-refractivity contribution in [1.82, 2.24) is 5.43 Å². The maximum Gasteiger partial charge on any atom is 0.291 e. The van der Waals surface area contributed by atoms with Gasteiger partial charge in [-0.1, -0.05) is 85.8 Å². The second kappa shape index (κ2) is 11.3. The summed E-state index contributed by atoms with van der Waals surface area (Å²) in [6, 6.07) is 27.1. The fourth-order valence-corrected chi connectivity index (χ4v) is 5.10. The van der Waals surface area contributed by atoms with E-state index in [1.165, 1.54) is 0 Å². The number of nitrogens with zero attached hydrogens (tertiary/aromatic N) is 1.